The van der Waals surface area contributed by atoms with Crippen LogP contribution in [0.15, 0.2) is 24.4 Å². The van der Waals surface area contributed by atoms with E-state index in [4.69, 9.17) is 4.74 Å². The molecule has 0 saturated carbocycles. The van der Waals surface area contributed by atoms with E-state index < -0.39 is 11.4 Å². The van der Waals surface area contributed by atoms with Crippen molar-refractivity contribution in [1.29, 1.82) is 0 Å². The number of rotatable bonds is 6. The van der Waals surface area contributed by atoms with E-state index in [2.05, 4.69) is 10.3 Å². The van der Waals surface area contributed by atoms with Crippen molar-refractivity contribution in [3.63, 3.8) is 0 Å². The first-order valence-electron chi connectivity index (χ1n) is 7.61. The molecule has 2 aromatic rings. The Morgan fingerprint density at radius 1 is 1.40 bits per heavy atom. The van der Waals surface area contributed by atoms with E-state index in [1.54, 1.807) is 25.3 Å². The summed E-state index contributed by atoms with van der Waals surface area (Å²) in [6.07, 6.45) is 2.85. The molecular formula is C17H21Cl2FN2O3. The fourth-order valence-electron chi connectivity index (χ4n) is 3.05. The van der Waals surface area contributed by atoms with Gasteiger partial charge in [0.05, 0.1) is 24.2 Å². The van der Waals surface area contributed by atoms with Crippen LogP contribution in [0.5, 0.6) is 5.75 Å². The third-order valence-electron chi connectivity index (χ3n) is 4.60. The number of nitrogens with zero attached hydrogens (tertiary/aromatic N) is 1. The van der Waals surface area contributed by atoms with Crippen LogP contribution in [0.25, 0.3) is 10.9 Å². The number of hydrogen-bond donors (Lipinski definition) is 2. The molecule has 2 heterocycles. The number of fused-ring (bicyclic) bond motifs is 1. The number of ether oxygens (including phenoxy) is 1. The number of aromatic nitrogens is 1. The number of benzene rings is 1. The largest absolute Gasteiger partial charge is 0.497 e. The molecule has 0 aliphatic carbocycles. The topological polar surface area (TPSA) is 71.5 Å². The maximum atomic E-state index is 14.2. The second-order valence-corrected chi connectivity index (χ2v) is 6.01. The fraction of sp³-hybridized carbons (Fsp3) is 0.412. The lowest BCUT2D eigenvalue weighted by Gasteiger charge is -2.38. The van der Waals surface area contributed by atoms with Crippen LogP contribution in [0.4, 0.5) is 4.39 Å². The van der Waals surface area contributed by atoms with Crippen LogP contribution in [-0.2, 0) is 11.2 Å². The first kappa shape index (κ1) is 21.4. The zero-order chi connectivity index (χ0) is 16.4. The minimum atomic E-state index is -0.780. The summed E-state index contributed by atoms with van der Waals surface area (Å²) in [4.78, 5) is 15.5. The van der Waals surface area contributed by atoms with Crippen molar-refractivity contribution >= 4 is 41.7 Å². The van der Waals surface area contributed by atoms with Crippen molar-refractivity contribution in [2.75, 3.05) is 20.2 Å². The van der Waals surface area contributed by atoms with Gasteiger partial charge >= 0.3 is 5.97 Å². The molecule has 3 rings (SSSR count). The van der Waals surface area contributed by atoms with Crippen LogP contribution in [0.2, 0.25) is 0 Å². The quantitative estimate of drug-likeness (QED) is 0.791. The van der Waals surface area contributed by atoms with Gasteiger partial charge in [-0.25, -0.2) is 4.39 Å². The standard InChI is InChI=1S/C17H19FN2O3.2ClH/c1-23-11-4-5-15-13(7-11)12(14(18)8-20-15)3-2-6-17(16(21)22)9-19-10-17;;/h4-5,7-8,19H,2-3,6,9-10H2,1H3,(H,21,22);2*1H. The number of halogens is 3. The van der Waals surface area contributed by atoms with Gasteiger partial charge in [-0.15, -0.1) is 24.8 Å². The summed E-state index contributed by atoms with van der Waals surface area (Å²) in [7, 11) is 1.56. The summed E-state index contributed by atoms with van der Waals surface area (Å²) in [5.41, 5.74) is 0.582. The second kappa shape index (κ2) is 8.65. The van der Waals surface area contributed by atoms with Crippen molar-refractivity contribution in [2.24, 2.45) is 5.41 Å². The van der Waals surface area contributed by atoms with Crippen LogP contribution in [0.1, 0.15) is 18.4 Å². The van der Waals surface area contributed by atoms with Gasteiger partial charge in [0.25, 0.3) is 0 Å². The Balaban J connectivity index is 0.00000156. The van der Waals surface area contributed by atoms with Crippen LogP contribution in [0, 0.1) is 11.2 Å². The van der Waals surface area contributed by atoms with Gasteiger partial charge in [0.1, 0.15) is 11.6 Å². The van der Waals surface area contributed by atoms with E-state index in [1.165, 1.54) is 6.20 Å². The number of methoxy groups -OCH3 is 1. The second-order valence-electron chi connectivity index (χ2n) is 6.01. The predicted molar refractivity (Wildman–Crippen MR) is 98.6 cm³/mol. The summed E-state index contributed by atoms with van der Waals surface area (Å²) in [6, 6.07) is 5.36. The first-order valence-corrected chi connectivity index (χ1v) is 7.61. The molecule has 1 aliphatic heterocycles. The minimum Gasteiger partial charge on any atom is -0.497 e. The zero-order valence-electron chi connectivity index (χ0n) is 13.8. The molecule has 25 heavy (non-hydrogen) atoms. The molecule has 0 bridgehead atoms. The average molecular weight is 391 g/mol. The van der Waals surface area contributed by atoms with Gasteiger partial charge in [0, 0.05) is 18.5 Å². The number of carbonyl (C=O) groups is 1. The summed E-state index contributed by atoms with van der Waals surface area (Å²) in [5.74, 6) is -0.490. The monoisotopic (exact) mass is 390 g/mol. The third-order valence-corrected chi connectivity index (χ3v) is 4.60. The lowest BCUT2D eigenvalue weighted by atomic mass is 9.77. The molecule has 0 spiro atoms. The highest BCUT2D eigenvalue weighted by Gasteiger charge is 2.43. The van der Waals surface area contributed by atoms with Crippen molar-refractivity contribution in [1.82, 2.24) is 10.3 Å². The molecule has 5 nitrogen and oxygen atoms in total. The fourth-order valence-corrected chi connectivity index (χ4v) is 3.05. The molecule has 1 aromatic heterocycles. The van der Waals surface area contributed by atoms with Gasteiger partial charge < -0.3 is 15.2 Å². The molecule has 0 atom stereocenters. The molecule has 1 saturated heterocycles. The summed E-state index contributed by atoms with van der Waals surface area (Å²) in [5, 5.41) is 13.1. The van der Waals surface area contributed by atoms with Crippen LogP contribution in [-0.4, -0.2) is 36.3 Å². The lowest BCUT2D eigenvalue weighted by molar-refractivity contribution is -0.152. The molecule has 8 heteroatoms. The highest BCUT2D eigenvalue weighted by molar-refractivity contribution is 5.86. The van der Waals surface area contributed by atoms with Crippen molar-refractivity contribution in [3.05, 3.63) is 35.8 Å². The molecular weight excluding hydrogens is 370 g/mol. The highest BCUT2D eigenvalue weighted by Crippen LogP contribution is 2.31. The highest BCUT2D eigenvalue weighted by atomic mass is 35.5. The van der Waals surface area contributed by atoms with E-state index in [-0.39, 0.29) is 30.6 Å². The maximum absolute atomic E-state index is 14.2. The Labute approximate surface area is 157 Å². The SMILES string of the molecule is COc1ccc2ncc(F)c(CCCC3(C(=O)O)CNC3)c2c1.Cl.Cl. The van der Waals surface area contributed by atoms with Gasteiger partial charge in [-0.3, -0.25) is 9.78 Å². The van der Waals surface area contributed by atoms with E-state index in [0.29, 0.717) is 49.2 Å². The number of pyridine rings is 1. The summed E-state index contributed by atoms with van der Waals surface area (Å²) < 4.78 is 19.4. The number of aliphatic carboxylic acids is 1. The van der Waals surface area contributed by atoms with E-state index in [9.17, 15) is 14.3 Å². The van der Waals surface area contributed by atoms with Gasteiger partial charge in [-0.2, -0.15) is 0 Å². The van der Waals surface area contributed by atoms with E-state index >= 15 is 0 Å². The Morgan fingerprint density at radius 2 is 2.12 bits per heavy atom. The Morgan fingerprint density at radius 3 is 2.68 bits per heavy atom. The zero-order valence-corrected chi connectivity index (χ0v) is 15.4. The summed E-state index contributed by atoms with van der Waals surface area (Å²) >= 11 is 0. The Bertz CT molecular complexity index is 754. The molecule has 1 fully saturated rings. The molecule has 1 aromatic carbocycles. The molecule has 0 unspecified atom stereocenters. The van der Waals surface area contributed by atoms with E-state index in [1.807, 2.05) is 0 Å². The molecule has 138 valence electrons. The minimum absolute atomic E-state index is 0. The average Bonchev–Trinajstić information content (AvgIpc) is 2.50. The first-order chi connectivity index (χ1) is 11.1. The Hall–Kier alpha value is -1.63. The van der Waals surface area contributed by atoms with Crippen molar-refractivity contribution in [2.45, 2.75) is 19.3 Å². The van der Waals surface area contributed by atoms with Crippen LogP contribution < -0.4 is 10.1 Å². The number of carboxylic acids is 1. The molecule has 1 aliphatic rings. The van der Waals surface area contributed by atoms with Crippen molar-refractivity contribution in [3.8, 4) is 5.75 Å². The van der Waals surface area contributed by atoms with Gasteiger partial charge in [-0.05, 0) is 43.0 Å². The normalized spacial score (nSPS) is 14.8. The number of aryl methyl sites for hydroxylation is 1. The van der Waals surface area contributed by atoms with Crippen molar-refractivity contribution < 1.29 is 19.0 Å². The third kappa shape index (κ3) is 4.14. The molecule has 0 amide bonds. The lowest BCUT2D eigenvalue weighted by Crippen LogP contribution is -2.58. The van der Waals surface area contributed by atoms with Crippen LogP contribution >= 0.6 is 24.8 Å². The van der Waals surface area contributed by atoms with Gasteiger partial charge in [0.15, 0.2) is 0 Å². The number of carboxylic acid groups (broad SMARTS) is 1. The van der Waals surface area contributed by atoms with Gasteiger partial charge in [0.2, 0.25) is 0 Å². The smallest absolute Gasteiger partial charge is 0.312 e. The Kier molecular flexibility index (Phi) is 7.41. The van der Waals surface area contributed by atoms with E-state index in [0.717, 1.165) is 5.39 Å². The molecule has 2 N–H and O–H groups in total. The van der Waals surface area contributed by atoms with Gasteiger partial charge in [-0.1, -0.05) is 0 Å². The van der Waals surface area contributed by atoms with Crippen LogP contribution in [0.3, 0.4) is 0 Å². The number of hydrogen-bond acceptors (Lipinski definition) is 4. The molecule has 0 radical (unpaired) electrons. The predicted octanol–water partition coefficient (Wildman–Crippen LogP) is 3.22. The maximum Gasteiger partial charge on any atom is 0.312 e. The summed E-state index contributed by atoms with van der Waals surface area (Å²) in [6.45, 7) is 0.964. The number of nitrogens with one attached hydrogen (secondary N) is 1.